The summed E-state index contributed by atoms with van der Waals surface area (Å²) in [5.74, 6) is -2.85. The van der Waals surface area contributed by atoms with Crippen molar-refractivity contribution >= 4 is 40.6 Å². The third kappa shape index (κ3) is 4.65. The third-order valence-electron chi connectivity index (χ3n) is 9.07. The number of aromatic hydroxyl groups is 2. The van der Waals surface area contributed by atoms with Gasteiger partial charge in [0, 0.05) is 46.6 Å². The molecule has 0 fully saturated rings. The van der Waals surface area contributed by atoms with Crippen LogP contribution in [0.4, 0.5) is 11.4 Å². The molecule has 3 aliphatic rings. The van der Waals surface area contributed by atoms with Gasteiger partial charge in [0.1, 0.15) is 29.7 Å². The minimum atomic E-state index is -1.17. The van der Waals surface area contributed by atoms with Crippen LogP contribution in [-0.4, -0.2) is 56.7 Å². The normalized spacial score (nSPS) is 20.9. The molecule has 8 nitrogen and oxygen atoms in total. The summed E-state index contributed by atoms with van der Waals surface area (Å²) in [6, 6.07) is 6.31. The minimum absolute atomic E-state index is 0.0847. The van der Waals surface area contributed by atoms with Gasteiger partial charge in [0.05, 0.1) is 11.0 Å². The minimum Gasteiger partial charge on any atom is -0.507 e. The Balaban J connectivity index is 1.50. The number of nitrogens with zero attached hydrogens (tertiary/aromatic N) is 2. The Morgan fingerprint density at radius 1 is 0.884 bits per heavy atom. The first-order valence-corrected chi connectivity index (χ1v) is 14.5. The van der Waals surface area contributed by atoms with Crippen molar-refractivity contribution in [1.29, 1.82) is 0 Å². The summed E-state index contributed by atoms with van der Waals surface area (Å²) >= 11 is 6.96. The third-order valence-corrected chi connectivity index (χ3v) is 9.55. The van der Waals surface area contributed by atoms with Gasteiger partial charge in [0.25, 0.3) is 0 Å². The zero-order valence-corrected chi connectivity index (χ0v) is 25.9. The quantitative estimate of drug-likeness (QED) is 0.272. The maximum atomic E-state index is 12.0. The van der Waals surface area contributed by atoms with Gasteiger partial charge in [-0.1, -0.05) is 37.6 Å². The summed E-state index contributed by atoms with van der Waals surface area (Å²) in [5, 5.41) is 41.0. The van der Waals surface area contributed by atoms with Gasteiger partial charge in [0.2, 0.25) is 5.69 Å². The summed E-state index contributed by atoms with van der Waals surface area (Å²) in [7, 11) is 3.77. The van der Waals surface area contributed by atoms with Gasteiger partial charge < -0.3 is 25.3 Å². The maximum absolute atomic E-state index is 12.0. The predicted molar refractivity (Wildman–Crippen MR) is 167 cm³/mol. The van der Waals surface area contributed by atoms with Crippen molar-refractivity contribution in [3.63, 3.8) is 0 Å². The van der Waals surface area contributed by atoms with E-state index in [2.05, 4.69) is 0 Å². The van der Waals surface area contributed by atoms with E-state index >= 15 is 0 Å². The van der Waals surface area contributed by atoms with Crippen molar-refractivity contribution in [1.82, 2.24) is 0 Å². The van der Waals surface area contributed by atoms with Gasteiger partial charge in [-0.15, -0.1) is 0 Å². The molecule has 0 radical (unpaired) electrons. The maximum Gasteiger partial charge on any atom is 0.340 e. The lowest BCUT2D eigenvalue weighted by atomic mass is 9.78. The molecule has 0 bridgehead atoms. The molecule has 0 unspecified atom stereocenters. The van der Waals surface area contributed by atoms with E-state index in [1.165, 1.54) is 12.1 Å². The molecule has 2 aromatic rings. The monoisotopic (exact) mass is 603 g/mol. The molecule has 0 spiro atoms. The van der Waals surface area contributed by atoms with Crippen LogP contribution in [-0.2, 0) is 10.8 Å². The van der Waals surface area contributed by atoms with E-state index in [9.17, 15) is 30.0 Å². The molecule has 0 saturated carbocycles. The van der Waals surface area contributed by atoms with Crippen LogP contribution in [0, 0.1) is 0 Å². The number of carboxylic acids is 2. The molecule has 2 heterocycles. The molecule has 5 rings (SSSR count). The number of halogens is 1. The molecule has 0 amide bonds. The first kappa shape index (κ1) is 30.2. The van der Waals surface area contributed by atoms with Crippen molar-refractivity contribution in [2.75, 3.05) is 19.0 Å². The zero-order chi connectivity index (χ0) is 31.6. The van der Waals surface area contributed by atoms with E-state index in [4.69, 9.17) is 11.6 Å². The Morgan fingerprint density at radius 2 is 1.49 bits per heavy atom. The summed E-state index contributed by atoms with van der Waals surface area (Å²) in [5.41, 5.74) is 4.80. The second-order valence-electron chi connectivity index (χ2n) is 12.3. The lowest BCUT2D eigenvalue weighted by molar-refractivity contribution is -0.401. The second kappa shape index (κ2) is 10.5. The number of fused-ring (bicyclic) bond motifs is 2. The van der Waals surface area contributed by atoms with Gasteiger partial charge in [-0.3, -0.25) is 0 Å². The summed E-state index contributed by atoms with van der Waals surface area (Å²) < 4.78 is 1.95. The highest BCUT2D eigenvalue weighted by atomic mass is 35.5. The first-order chi connectivity index (χ1) is 20.1. The van der Waals surface area contributed by atoms with Crippen molar-refractivity contribution in [3.05, 3.63) is 92.7 Å². The van der Waals surface area contributed by atoms with E-state index < -0.39 is 22.8 Å². The number of rotatable bonds is 5. The lowest BCUT2D eigenvalue weighted by Gasteiger charge is -2.25. The highest BCUT2D eigenvalue weighted by Crippen LogP contribution is 2.51. The second-order valence-corrected chi connectivity index (χ2v) is 12.7. The van der Waals surface area contributed by atoms with E-state index in [-0.39, 0.29) is 22.6 Å². The van der Waals surface area contributed by atoms with E-state index in [0.717, 1.165) is 53.2 Å². The van der Waals surface area contributed by atoms with E-state index in [1.807, 2.05) is 75.6 Å². The molecule has 1 aliphatic carbocycles. The summed E-state index contributed by atoms with van der Waals surface area (Å²) in [6.07, 6.45) is 10.4. The van der Waals surface area contributed by atoms with Gasteiger partial charge in [-0.2, -0.15) is 4.58 Å². The van der Waals surface area contributed by atoms with Crippen molar-refractivity contribution in [2.45, 2.75) is 57.8 Å². The molecule has 43 heavy (non-hydrogen) atoms. The van der Waals surface area contributed by atoms with Crippen molar-refractivity contribution in [3.8, 4) is 11.5 Å². The molecule has 4 N–H and O–H groups in total. The van der Waals surface area contributed by atoms with Crippen LogP contribution in [0.1, 0.15) is 78.8 Å². The Labute approximate surface area is 255 Å². The summed E-state index contributed by atoms with van der Waals surface area (Å²) in [4.78, 5) is 26.0. The Morgan fingerprint density at radius 3 is 2.12 bits per heavy atom. The summed E-state index contributed by atoms with van der Waals surface area (Å²) in [6.45, 7) is 7.79. The molecular formula is C34H36ClN2O6+. The number of likely N-dealkylation sites (N-methyl/N-ethyl adjacent to an activating group) is 1. The van der Waals surface area contributed by atoms with Crippen LogP contribution in [0.25, 0.3) is 0 Å². The molecule has 2 aromatic carbocycles. The van der Waals surface area contributed by atoms with E-state index in [1.54, 1.807) is 12.1 Å². The highest BCUT2D eigenvalue weighted by molar-refractivity contribution is 6.32. The molecule has 224 valence electrons. The van der Waals surface area contributed by atoms with Crippen LogP contribution < -0.4 is 4.90 Å². The van der Waals surface area contributed by atoms with Crippen molar-refractivity contribution < 1.29 is 34.6 Å². The average Bonchev–Trinajstić information content (AvgIpc) is 3.24. The SMILES string of the molecule is CN1C(=CC=C2CCCC(C=CC3=[N+](C)c4ccc(O)c(C(=O)O)c4C3(C)C)=C2Cl)C(C)(C)c2c1ccc(O)c2C(=O)O. The van der Waals surface area contributed by atoms with E-state index in [0.29, 0.717) is 16.2 Å². The van der Waals surface area contributed by atoms with Crippen LogP contribution in [0.15, 0.2) is 70.4 Å². The van der Waals surface area contributed by atoms with Gasteiger partial charge in [-0.05, 0) is 68.5 Å². The largest absolute Gasteiger partial charge is 0.507 e. The lowest BCUT2D eigenvalue weighted by Crippen LogP contribution is -2.28. The first-order valence-electron chi connectivity index (χ1n) is 14.1. The van der Waals surface area contributed by atoms with Crippen LogP contribution >= 0.6 is 11.6 Å². The number of carbonyl (C=O) groups is 2. The molecular weight excluding hydrogens is 568 g/mol. The number of hydrogen-bond donors (Lipinski definition) is 4. The fraction of sp³-hybridized carbons (Fsp3) is 0.324. The molecule has 2 aliphatic heterocycles. The van der Waals surface area contributed by atoms with Gasteiger partial charge in [0.15, 0.2) is 5.71 Å². The van der Waals surface area contributed by atoms with Crippen molar-refractivity contribution in [2.24, 2.45) is 0 Å². The smallest absolute Gasteiger partial charge is 0.340 e. The number of hydrogen-bond acceptors (Lipinski definition) is 5. The van der Waals surface area contributed by atoms with Gasteiger partial charge >= 0.3 is 11.9 Å². The average molecular weight is 604 g/mol. The number of benzene rings is 2. The molecule has 0 aromatic heterocycles. The highest BCUT2D eigenvalue weighted by Gasteiger charge is 2.47. The predicted octanol–water partition coefficient (Wildman–Crippen LogP) is 6.97. The topological polar surface area (TPSA) is 121 Å². The van der Waals surface area contributed by atoms with Crippen LogP contribution in [0.5, 0.6) is 11.5 Å². The molecule has 0 atom stereocenters. The number of aromatic carboxylic acids is 2. The fourth-order valence-electron chi connectivity index (χ4n) is 6.98. The zero-order valence-electron chi connectivity index (χ0n) is 25.1. The number of anilines is 1. The number of phenols is 2. The molecule has 0 saturated heterocycles. The number of carboxylic acid groups (broad SMARTS) is 2. The van der Waals surface area contributed by atoms with Crippen LogP contribution in [0.3, 0.4) is 0 Å². The Kier molecular flexibility index (Phi) is 7.33. The number of allylic oxidation sites excluding steroid dienone is 8. The Bertz CT molecular complexity index is 1760. The molecule has 9 heteroatoms. The Hall–Kier alpha value is -4.30. The van der Waals surface area contributed by atoms with Crippen LogP contribution in [0.2, 0.25) is 0 Å². The van der Waals surface area contributed by atoms with Gasteiger partial charge in [-0.25, -0.2) is 9.59 Å². The fourth-order valence-corrected chi connectivity index (χ4v) is 7.30. The standard InChI is InChI=1S/C34H35ClN2O6/c1-33(2)24(36(5)20-12-14-22(38)26(28(20)33)31(40)41)16-10-18-8-7-9-19(30(18)35)11-17-25-34(3,4)29-21(37(25)6)13-15-23(39)27(29)32(42)43/h10-17H,7-9H2,1-6H3,(H3-,38,39,40,41,42,43)/p+1.